The summed E-state index contributed by atoms with van der Waals surface area (Å²) in [4.78, 5) is 4.31. The molecule has 0 fully saturated rings. The Morgan fingerprint density at radius 2 is 1.94 bits per heavy atom. The zero-order valence-corrected chi connectivity index (χ0v) is 11.7. The molecule has 0 N–H and O–H groups in total. The van der Waals surface area contributed by atoms with E-state index in [1.807, 2.05) is 43.3 Å². The second kappa shape index (κ2) is 4.97. The molecule has 1 aromatic carbocycles. The van der Waals surface area contributed by atoms with Crippen LogP contribution < -0.4 is 4.74 Å². The van der Waals surface area contributed by atoms with Gasteiger partial charge >= 0.3 is 0 Å². The lowest BCUT2D eigenvalue weighted by Crippen LogP contribution is -1.90. The van der Waals surface area contributed by atoms with Gasteiger partial charge in [0.25, 0.3) is 0 Å². The van der Waals surface area contributed by atoms with Gasteiger partial charge in [-0.2, -0.15) is 0 Å². The van der Waals surface area contributed by atoms with Gasteiger partial charge in [0.05, 0.1) is 5.69 Å². The van der Waals surface area contributed by atoms with Crippen LogP contribution >= 0.6 is 31.9 Å². The van der Waals surface area contributed by atoms with Crippen LogP contribution in [0.5, 0.6) is 11.6 Å². The van der Waals surface area contributed by atoms with E-state index in [0.29, 0.717) is 5.88 Å². The van der Waals surface area contributed by atoms with Gasteiger partial charge in [-0.15, -0.1) is 0 Å². The van der Waals surface area contributed by atoms with Crippen LogP contribution in [0.4, 0.5) is 0 Å². The molecule has 0 saturated carbocycles. The van der Waals surface area contributed by atoms with Crippen molar-refractivity contribution in [3.63, 3.8) is 0 Å². The van der Waals surface area contributed by atoms with E-state index in [1.165, 1.54) is 0 Å². The first-order chi connectivity index (χ1) is 7.65. The molecule has 0 atom stereocenters. The third-order valence-corrected chi connectivity index (χ3v) is 3.35. The highest BCUT2D eigenvalue weighted by Crippen LogP contribution is 2.24. The SMILES string of the molecule is Cc1nc(Oc2cccc(Br)c2)ccc1Br. The number of benzene rings is 1. The molecular formula is C12H9Br2NO. The summed E-state index contributed by atoms with van der Waals surface area (Å²) < 4.78 is 7.60. The molecule has 0 saturated heterocycles. The summed E-state index contributed by atoms with van der Waals surface area (Å²) in [5.41, 5.74) is 0.910. The van der Waals surface area contributed by atoms with E-state index in [1.54, 1.807) is 0 Å². The average molecular weight is 343 g/mol. The lowest BCUT2D eigenvalue weighted by molar-refractivity contribution is 0.461. The van der Waals surface area contributed by atoms with Crippen LogP contribution in [0.2, 0.25) is 0 Å². The van der Waals surface area contributed by atoms with E-state index in [2.05, 4.69) is 36.8 Å². The molecule has 1 aromatic heterocycles. The van der Waals surface area contributed by atoms with Crippen LogP contribution in [0.3, 0.4) is 0 Å². The maximum absolute atomic E-state index is 5.63. The van der Waals surface area contributed by atoms with Crippen molar-refractivity contribution in [2.75, 3.05) is 0 Å². The first kappa shape index (κ1) is 11.6. The number of hydrogen-bond acceptors (Lipinski definition) is 2. The quantitative estimate of drug-likeness (QED) is 0.788. The number of halogens is 2. The van der Waals surface area contributed by atoms with Gasteiger partial charge in [0.1, 0.15) is 5.75 Å². The maximum Gasteiger partial charge on any atom is 0.219 e. The van der Waals surface area contributed by atoms with Gasteiger partial charge in [0.2, 0.25) is 5.88 Å². The third-order valence-electron chi connectivity index (χ3n) is 2.01. The molecule has 0 aliphatic carbocycles. The van der Waals surface area contributed by atoms with Crippen LogP contribution in [0.1, 0.15) is 5.69 Å². The van der Waals surface area contributed by atoms with Crippen molar-refractivity contribution < 1.29 is 4.74 Å². The normalized spacial score (nSPS) is 10.2. The topological polar surface area (TPSA) is 22.1 Å². The summed E-state index contributed by atoms with van der Waals surface area (Å²) in [5.74, 6) is 1.36. The smallest absolute Gasteiger partial charge is 0.219 e. The van der Waals surface area contributed by atoms with Crippen molar-refractivity contribution in [3.8, 4) is 11.6 Å². The highest BCUT2D eigenvalue weighted by Gasteiger charge is 2.01. The van der Waals surface area contributed by atoms with Crippen molar-refractivity contribution >= 4 is 31.9 Å². The van der Waals surface area contributed by atoms with Gasteiger partial charge in [-0.1, -0.05) is 22.0 Å². The Bertz CT molecular complexity index is 514. The second-order valence-corrected chi connectivity index (χ2v) is 5.05. The Labute approximate surface area is 111 Å². The highest BCUT2D eigenvalue weighted by atomic mass is 79.9. The van der Waals surface area contributed by atoms with Gasteiger partial charge in [0.15, 0.2) is 0 Å². The number of hydrogen-bond donors (Lipinski definition) is 0. The number of aryl methyl sites for hydroxylation is 1. The third kappa shape index (κ3) is 2.83. The Hall–Kier alpha value is -0.870. The standard InChI is InChI=1S/C12H9Br2NO/c1-8-11(14)5-6-12(15-8)16-10-4-2-3-9(13)7-10/h2-7H,1H3. The molecule has 1 heterocycles. The lowest BCUT2D eigenvalue weighted by atomic mass is 10.3. The van der Waals surface area contributed by atoms with Gasteiger partial charge in [-0.05, 0) is 47.1 Å². The van der Waals surface area contributed by atoms with Crippen molar-refractivity contribution in [1.82, 2.24) is 4.98 Å². The van der Waals surface area contributed by atoms with E-state index < -0.39 is 0 Å². The summed E-state index contributed by atoms with van der Waals surface area (Å²) in [5, 5.41) is 0. The molecule has 0 aliphatic heterocycles. The largest absolute Gasteiger partial charge is 0.439 e. The fourth-order valence-electron chi connectivity index (χ4n) is 1.23. The Kier molecular flexibility index (Phi) is 3.61. The van der Waals surface area contributed by atoms with Gasteiger partial charge in [-0.25, -0.2) is 4.98 Å². The molecule has 0 amide bonds. The van der Waals surface area contributed by atoms with Crippen LogP contribution in [0.15, 0.2) is 45.3 Å². The Balaban J connectivity index is 2.24. The summed E-state index contributed by atoms with van der Waals surface area (Å²) in [6, 6.07) is 11.4. The molecule has 16 heavy (non-hydrogen) atoms. The minimum Gasteiger partial charge on any atom is -0.439 e. The zero-order valence-electron chi connectivity index (χ0n) is 8.58. The fourth-order valence-corrected chi connectivity index (χ4v) is 1.83. The molecule has 2 rings (SSSR count). The van der Waals surface area contributed by atoms with Crippen LogP contribution in [0.25, 0.3) is 0 Å². The zero-order chi connectivity index (χ0) is 11.5. The summed E-state index contributed by atoms with van der Waals surface area (Å²) in [7, 11) is 0. The average Bonchev–Trinajstić information content (AvgIpc) is 2.24. The van der Waals surface area contributed by atoms with Crippen LogP contribution in [-0.2, 0) is 0 Å². The van der Waals surface area contributed by atoms with Gasteiger partial charge in [0, 0.05) is 15.0 Å². The van der Waals surface area contributed by atoms with E-state index >= 15 is 0 Å². The number of aromatic nitrogens is 1. The Morgan fingerprint density at radius 3 is 2.62 bits per heavy atom. The van der Waals surface area contributed by atoms with E-state index in [9.17, 15) is 0 Å². The first-order valence-corrected chi connectivity index (χ1v) is 6.30. The molecule has 0 aliphatic rings. The van der Waals surface area contributed by atoms with Crippen LogP contribution in [-0.4, -0.2) is 4.98 Å². The highest BCUT2D eigenvalue weighted by molar-refractivity contribution is 9.10. The predicted molar refractivity (Wildman–Crippen MR) is 70.9 cm³/mol. The number of pyridine rings is 1. The summed E-state index contributed by atoms with van der Waals surface area (Å²) in [6.45, 7) is 1.93. The van der Waals surface area contributed by atoms with Crippen molar-refractivity contribution in [3.05, 3.63) is 51.0 Å². The molecular weight excluding hydrogens is 334 g/mol. The molecule has 2 nitrogen and oxygen atoms in total. The second-order valence-electron chi connectivity index (χ2n) is 3.28. The molecule has 0 bridgehead atoms. The molecule has 82 valence electrons. The van der Waals surface area contributed by atoms with Crippen molar-refractivity contribution in [2.45, 2.75) is 6.92 Å². The maximum atomic E-state index is 5.63. The van der Waals surface area contributed by atoms with Crippen LogP contribution in [0, 0.1) is 6.92 Å². The first-order valence-electron chi connectivity index (χ1n) is 4.72. The summed E-state index contributed by atoms with van der Waals surface area (Å²) >= 11 is 6.79. The van der Waals surface area contributed by atoms with E-state index in [-0.39, 0.29) is 0 Å². The number of nitrogens with zero attached hydrogens (tertiary/aromatic N) is 1. The minimum atomic E-state index is 0.596. The molecule has 4 heteroatoms. The number of ether oxygens (including phenoxy) is 1. The predicted octanol–water partition coefficient (Wildman–Crippen LogP) is 4.71. The monoisotopic (exact) mass is 341 g/mol. The summed E-state index contributed by atoms with van der Waals surface area (Å²) in [6.07, 6.45) is 0. The number of rotatable bonds is 2. The lowest BCUT2D eigenvalue weighted by Gasteiger charge is -2.06. The fraction of sp³-hybridized carbons (Fsp3) is 0.0833. The molecule has 2 aromatic rings. The van der Waals surface area contributed by atoms with E-state index in [0.717, 1.165) is 20.4 Å². The van der Waals surface area contributed by atoms with Crippen molar-refractivity contribution in [1.29, 1.82) is 0 Å². The minimum absolute atomic E-state index is 0.596. The van der Waals surface area contributed by atoms with E-state index in [4.69, 9.17) is 4.74 Å². The molecule has 0 unspecified atom stereocenters. The molecule has 0 radical (unpaired) electrons. The van der Waals surface area contributed by atoms with Gasteiger partial charge in [-0.3, -0.25) is 0 Å². The molecule has 0 spiro atoms. The Morgan fingerprint density at radius 1 is 1.12 bits per heavy atom. The van der Waals surface area contributed by atoms with Crippen molar-refractivity contribution in [2.24, 2.45) is 0 Å². The van der Waals surface area contributed by atoms with Gasteiger partial charge < -0.3 is 4.74 Å².